The van der Waals surface area contributed by atoms with Crippen LogP contribution in [0, 0.1) is 11.8 Å². The van der Waals surface area contributed by atoms with Crippen LogP contribution < -0.4 is 19.7 Å². The molecule has 1 spiro atoms. The van der Waals surface area contributed by atoms with Gasteiger partial charge < -0.3 is 24.4 Å². The Balaban J connectivity index is 1.48. The van der Waals surface area contributed by atoms with Gasteiger partial charge in [-0.2, -0.15) is 0 Å². The number of carbonyl (C=O) groups excluding carboxylic acids is 2. The van der Waals surface area contributed by atoms with Crippen molar-refractivity contribution in [2.45, 2.75) is 31.6 Å². The Morgan fingerprint density at radius 1 is 1.31 bits per heavy atom. The smallest absolute Gasteiger partial charge is 0.234 e. The van der Waals surface area contributed by atoms with Crippen LogP contribution in [0.4, 0.5) is 5.69 Å². The van der Waals surface area contributed by atoms with E-state index in [1.54, 1.807) is 17.0 Å². The summed E-state index contributed by atoms with van der Waals surface area (Å²) in [7, 11) is 0. The molecule has 4 aliphatic rings. The summed E-state index contributed by atoms with van der Waals surface area (Å²) in [6.07, 6.45) is 3.53. The van der Waals surface area contributed by atoms with E-state index in [0.29, 0.717) is 18.0 Å². The molecule has 7 heteroatoms. The molecule has 1 N–H and O–H groups in total. The molecule has 2 amide bonds. The highest BCUT2D eigenvalue weighted by atomic mass is 16.7. The Labute approximate surface area is 150 Å². The molecule has 2 bridgehead atoms. The Morgan fingerprint density at radius 3 is 2.92 bits per heavy atom. The minimum absolute atomic E-state index is 0.0167. The fourth-order valence-electron chi connectivity index (χ4n) is 4.45. The molecule has 0 unspecified atom stereocenters. The van der Waals surface area contributed by atoms with Gasteiger partial charge in [-0.15, -0.1) is 0 Å². The molecular formula is C19H20N2O5. The van der Waals surface area contributed by atoms with Gasteiger partial charge in [0.05, 0.1) is 24.5 Å². The van der Waals surface area contributed by atoms with Gasteiger partial charge in [0, 0.05) is 17.8 Å². The monoisotopic (exact) mass is 356 g/mol. The highest BCUT2D eigenvalue weighted by Gasteiger charge is 2.67. The molecule has 5 rings (SSSR count). The predicted molar refractivity (Wildman–Crippen MR) is 91.9 cm³/mol. The highest BCUT2D eigenvalue weighted by Crippen LogP contribution is 2.53. The second-order valence-corrected chi connectivity index (χ2v) is 7.53. The summed E-state index contributed by atoms with van der Waals surface area (Å²) in [6, 6.07) is 5.45. The molecule has 4 atom stereocenters. The Kier molecular flexibility index (Phi) is 3.16. The average molecular weight is 356 g/mol. The topological polar surface area (TPSA) is 77.1 Å². The van der Waals surface area contributed by atoms with Crippen LogP contribution in [-0.2, 0) is 14.3 Å². The summed E-state index contributed by atoms with van der Waals surface area (Å²) in [5.74, 6) is 0.0991. The first-order valence-corrected chi connectivity index (χ1v) is 8.87. The van der Waals surface area contributed by atoms with Gasteiger partial charge in [0.1, 0.15) is 5.60 Å². The number of benzene rings is 1. The van der Waals surface area contributed by atoms with E-state index in [-0.39, 0.29) is 30.8 Å². The number of nitrogens with zero attached hydrogens (tertiary/aromatic N) is 1. The lowest BCUT2D eigenvalue weighted by molar-refractivity contribution is -0.132. The maximum absolute atomic E-state index is 13.2. The Morgan fingerprint density at radius 2 is 2.12 bits per heavy atom. The molecular weight excluding hydrogens is 336 g/mol. The van der Waals surface area contributed by atoms with E-state index in [0.717, 1.165) is 5.69 Å². The molecule has 2 fully saturated rings. The molecule has 2 saturated heterocycles. The summed E-state index contributed by atoms with van der Waals surface area (Å²) in [4.78, 5) is 27.6. The quantitative estimate of drug-likeness (QED) is 0.825. The second kappa shape index (κ2) is 5.23. The van der Waals surface area contributed by atoms with E-state index >= 15 is 0 Å². The van der Waals surface area contributed by atoms with Crippen molar-refractivity contribution in [2.75, 3.05) is 18.2 Å². The molecule has 0 aromatic heterocycles. The third-order valence-electron chi connectivity index (χ3n) is 5.50. The summed E-state index contributed by atoms with van der Waals surface area (Å²) in [5, 5.41) is 2.93. The maximum atomic E-state index is 13.2. The number of ether oxygens (including phenoxy) is 3. The lowest BCUT2D eigenvalue weighted by Crippen LogP contribution is -2.45. The van der Waals surface area contributed by atoms with Gasteiger partial charge in [0.15, 0.2) is 11.5 Å². The van der Waals surface area contributed by atoms with E-state index in [4.69, 9.17) is 14.2 Å². The van der Waals surface area contributed by atoms with E-state index in [2.05, 4.69) is 5.32 Å². The fourth-order valence-corrected chi connectivity index (χ4v) is 4.45. The Hall–Kier alpha value is -2.54. The first kappa shape index (κ1) is 15.7. The Bertz CT molecular complexity index is 835. The number of carbonyl (C=O) groups is 2. The largest absolute Gasteiger partial charge is 0.454 e. The van der Waals surface area contributed by atoms with Crippen molar-refractivity contribution in [1.29, 1.82) is 0 Å². The number of nitrogens with one attached hydrogen (secondary N) is 1. The van der Waals surface area contributed by atoms with Gasteiger partial charge in [-0.1, -0.05) is 12.2 Å². The molecule has 1 aromatic rings. The van der Waals surface area contributed by atoms with Crippen LogP contribution in [0.25, 0.3) is 0 Å². The van der Waals surface area contributed by atoms with Crippen LogP contribution in [-0.4, -0.2) is 42.9 Å². The molecule has 0 radical (unpaired) electrons. The van der Waals surface area contributed by atoms with Crippen molar-refractivity contribution < 1.29 is 23.8 Å². The van der Waals surface area contributed by atoms with Gasteiger partial charge in [-0.25, -0.2) is 0 Å². The van der Waals surface area contributed by atoms with Crippen LogP contribution in [0.2, 0.25) is 0 Å². The van der Waals surface area contributed by atoms with Gasteiger partial charge in [0.25, 0.3) is 0 Å². The molecule has 26 heavy (non-hydrogen) atoms. The molecule has 7 nitrogen and oxygen atoms in total. The number of anilines is 1. The lowest BCUT2D eigenvalue weighted by atomic mass is 9.76. The zero-order valence-corrected chi connectivity index (χ0v) is 14.6. The van der Waals surface area contributed by atoms with Crippen LogP contribution in [0.3, 0.4) is 0 Å². The summed E-state index contributed by atoms with van der Waals surface area (Å²) >= 11 is 0. The summed E-state index contributed by atoms with van der Waals surface area (Å²) in [6.45, 7) is 4.40. The normalized spacial score (nSPS) is 33.3. The van der Waals surface area contributed by atoms with Crippen LogP contribution in [0.5, 0.6) is 11.5 Å². The predicted octanol–water partition coefficient (Wildman–Crippen LogP) is 1.23. The van der Waals surface area contributed by atoms with Crippen molar-refractivity contribution in [2.24, 2.45) is 11.8 Å². The van der Waals surface area contributed by atoms with E-state index in [9.17, 15) is 9.59 Å². The maximum Gasteiger partial charge on any atom is 0.234 e. The van der Waals surface area contributed by atoms with Crippen molar-refractivity contribution >= 4 is 17.5 Å². The van der Waals surface area contributed by atoms with Gasteiger partial charge in [0.2, 0.25) is 18.6 Å². The minimum atomic E-state index is -0.725. The standard InChI is InChI=1S/C19H20N2O5/c1-10(2)20-17(22)15-13-5-6-19(26-13)8-21(18(23)16(15)19)11-3-4-12-14(7-11)25-9-24-12/h3-7,10,13,15-16H,8-9H2,1-2H3,(H,20,22)/t13-,15-,16+,19+/m1/s1. The van der Waals surface area contributed by atoms with Crippen LogP contribution >= 0.6 is 0 Å². The highest BCUT2D eigenvalue weighted by molar-refractivity contribution is 6.03. The van der Waals surface area contributed by atoms with Crippen molar-refractivity contribution in [3.05, 3.63) is 30.4 Å². The second-order valence-electron chi connectivity index (χ2n) is 7.53. The first-order valence-electron chi connectivity index (χ1n) is 8.87. The zero-order valence-electron chi connectivity index (χ0n) is 14.6. The van der Waals surface area contributed by atoms with Gasteiger partial charge in [-0.3, -0.25) is 9.59 Å². The summed E-state index contributed by atoms with van der Waals surface area (Å²) in [5.41, 5.74) is 0.00314. The molecule has 4 heterocycles. The van der Waals surface area contributed by atoms with Gasteiger partial charge >= 0.3 is 0 Å². The minimum Gasteiger partial charge on any atom is -0.454 e. The fraction of sp³-hybridized carbons (Fsp3) is 0.474. The third-order valence-corrected chi connectivity index (χ3v) is 5.50. The number of fused-ring (bicyclic) bond motifs is 2. The van der Waals surface area contributed by atoms with Crippen LogP contribution in [0.15, 0.2) is 30.4 Å². The molecule has 136 valence electrons. The number of hydrogen-bond donors (Lipinski definition) is 1. The van der Waals surface area contributed by atoms with Crippen LogP contribution in [0.1, 0.15) is 13.8 Å². The average Bonchev–Trinajstić information content (AvgIpc) is 3.33. The summed E-state index contributed by atoms with van der Waals surface area (Å²) < 4.78 is 16.9. The first-order chi connectivity index (χ1) is 12.5. The van der Waals surface area contributed by atoms with Crippen molar-refractivity contribution in [3.8, 4) is 11.5 Å². The SMILES string of the molecule is CC(C)NC(=O)[C@H]1[C@H]2C(=O)N(c3ccc4c(c3)OCO4)C[C@@]23C=C[C@H]1O3. The van der Waals surface area contributed by atoms with E-state index in [1.807, 2.05) is 32.1 Å². The molecule has 4 aliphatic heterocycles. The van der Waals surface area contributed by atoms with Gasteiger partial charge in [-0.05, 0) is 26.0 Å². The zero-order chi connectivity index (χ0) is 18.1. The molecule has 0 aliphatic carbocycles. The van der Waals surface area contributed by atoms with Crippen molar-refractivity contribution in [3.63, 3.8) is 0 Å². The molecule has 1 aromatic carbocycles. The number of amides is 2. The van der Waals surface area contributed by atoms with E-state index < -0.39 is 17.4 Å². The lowest BCUT2D eigenvalue weighted by Gasteiger charge is -2.24. The van der Waals surface area contributed by atoms with Crippen molar-refractivity contribution in [1.82, 2.24) is 5.32 Å². The number of rotatable bonds is 3. The molecule has 0 saturated carbocycles. The third kappa shape index (κ3) is 2.03. The number of hydrogen-bond acceptors (Lipinski definition) is 5. The van der Waals surface area contributed by atoms with E-state index in [1.165, 1.54) is 0 Å².